The van der Waals surface area contributed by atoms with Gasteiger partial charge in [0.05, 0.1) is 26.3 Å². The molecule has 5 heteroatoms. The van der Waals surface area contributed by atoms with Gasteiger partial charge >= 0.3 is 0 Å². The summed E-state index contributed by atoms with van der Waals surface area (Å²) in [5.74, 6) is 2.59. The Hall–Kier alpha value is -2.40. The fourth-order valence-electron chi connectivity index (χ4n) is 4.67. The van der Waals surface area contributed by atoms with Crippen LogP contribution in [0.25, 0.3) is 0 Å². The predicted molar refractivity (Wildman–Crippen MR) is 92.1 cm³/mol. The lowest BCUT2D eigenvalue weighted by atomic mass is 9.81. The van der Waals surface area contributed by atoms with Gasteiger partial charge in [-0.1, -0.05) is 6.07 Å². The Morgan fingerprint density at radius 1 is 1.16 bits per heavy atom. The number of rotatable bonds is 1. The monoisotopic (exact) mass is 340 g/mol. The zero-order chi connectivity index (χ0) is 17.2. The lowest BCUT2D eigenvalue weighted by molar-refractivity contribution is -0.956. The highest BCUT2D eigenvalue weighted by Crippen LogP contribution is 2.49. The molecule has 130 valence electrons. The van der Waals surface area contributed by atoms with E-state index in [2.05, 4.69) is 25.2 Å². The Morgan fingerprint density at radius 3 is 2.76 bits per heavy atom. The summed E-state index contributed by atoms with van der Waals surface area (Å²) in [4.78, 5) is 0. The Labute approximate surface area is 146 Å². The van der Waals surface area contributed by atoms with Gasteiger partial charge in [0.25, 0.3) is 0 Å². The van der Waals surface area contributed by atoms with Crippen LogP contribution in [-0.4, -0.2) is 37.1 Å². The average molecular weight is 340 g/mol. The topological polar surface area (TPSA) is 47.9 Å². The van der Waals surface area contributed by atoms with Gasteiger partial charge in [0.2, 0.25) is 6.79 Å². The summed E-state index contributed by atoms with van der Waals surface area (Å²) in [6.45, 7) is 2.18. The van der Waals surface area contributed by atoms with Crippen LogP contribution in [0.15, 0.2) is 24.3 Å². The number of hydrogen-bond acceptors (Lipinski definition) is 4. The summed E-state index contributed by atoms with van der Waals surface area (Å²) in [7, 11) is 3.89. The first kappa shape index (κ1) is 14.9. The number of hydrogen-bond donors (Lipinski definition) is 1. The summed E-state index contributed by atoms with van der Waals surface area (Å²) in [5.41, 5.74) is 4.97. The second-order valence-corrected chi connectivity index (χ2v) is 7.49. The maximum atomic E-state index is 10.6. The molecular formula is C20H22NO4+. The number of fused-ring (bicyclic) bond motifs is 5. The highest BCUT2D eigenvalue weighted by molar-refractivity contribution is 5.53. The fraction of sp³-hybridized carbons (Fsp3) is 0.400. The van der Waals surface area contributed by atoms with Crippen molar-refractivity contribution in [2.75, 3.05) is 27.5 Å². The molecule has 0 saturated heterocycles. The van der Waals surface area contributed by atoms with Crippen LogP contribution in [-0.2, 0) is 19.4 Å². The average Bonchev–Trinajstić information content (AvgIpc) is 3.07. The maximum absolute atomic E-state index is 10.6. The lowest BCUT2D eigenvalue weighted by Gasteiger charge is -2.49. The molecule has 3 heterocycles. The van der Waals surface area contributed by atoms with E-state index in [1.165, 1.54) is 16.7 Å². The van der Waals surface area contributed by atoms with E-state index in [0.717, 1.165) is 47.5 Å². The largest absolute Gasteiger partial charge is 0.504 e. The Kier molecular flexibility index (Phi) is 3.01. The summed E-state index contributed by atoms with van der Waals surface area (Å²) in [6, 6.07) is 8.67. The molecule has 0 saturated carbocycles. The number of methoxy groups -OCH3 is 1. The van der Waals surface area contributed by atoms with E-state index in [1.807, 2.05) is 6.07 Å². The summed E-state index contributed by atoms with van der Waals surface area (Å²) < 4.78 is 17.4. The molecule has 2 aromatic carbocycles. The first-order valence-corrected chi connectivity index (χ1v) is 8.73. The zero-order valence-corrected chi connectivity index (χ0v) is 14.5. The number of quaternary nitrogens is 1. The van der Waals surface area contributed by atoms with Gasteiger partial charge in [-0.3, -0.25) is 0 Å². The third-order valence-electron chi connectivity index (χ3n) is 6.13. The van der Waals surface area contributed by atoms with E-state index in [0.29, 0.717) is 24.3 Å². The second kappa shape index (κ2) is 5.05. The van der Waals surface area contributed by atoms with Crippen molar-refractivity contribution in [3.05, 3.63) is 46.5 Å². The predicted octanol–water partition coefficient (Wildman–Crippen LogP) is 2.93. The summed E-state index contributed by atoms with van der Waals surface area (Å²) in [6.07, 6.45) is 1.93. The number of ether oxygens (including phenoxy) is 3. The number of benzene rings is 2. The number of aromatic hydroxyl groups is 1. The first-order chi connectivity index (χ1) is 12.1. The van der Waals surface area contributed by atoms with Gasteiger partial charge < -0.3 is 23.8 Å². The van der Waals surface area contributed by atoms with Gasteiger partial charge in [0.15, 0.2) is 23.0 Å². The highest BCUT2D eigenvalue weighted by atomic mass is 16.7. The van der Waals surface area contributed by atoms with Crippen LogP contribution in [0.2, 0.25) is 0 Å². The molecule has 0 amide bonds. The van der Waals surface area contributed by atoms with Crippen molar-refractivity contribution < 1.29 is 23.8 Å². The van der Waals surface area contributed by atoms with Crippen molar-refractivity contribution in [2.45, 2.75) is 25.4 Å². The molecule has 3 aliphatic rings. The molecule has 3 aliphatic heterocycles. The summed E-state index contributed by atoms with van der Waals surface area (Å²) >= 11 is 0. The van der Waals surface area contributed by atoms with Gasteiger partial charge in [-0.05, 0) is 29.3 Å². The normalized spacial score (nSPS) is 25.8. The minimum Gasteiger partial charge on any atom is -0.504 e. The minimum atomic E-state index is 0.300. The van der Waals surface area contributed by atoms with Crippen LogP contribution in [0.4, 0.5) is 0 Å². The fourth-order valence-corrected chi connectivity index (χ4v) is 4.67. The van der Waals surface area contributed by atoms with Gasteiger partial charge in [-0.2, -0.15) is 0 Å². The van der Waals surface area contributed by atoms with Crippen molar-refractivity contribution in [3.8, 4) is 23.0 Å². The van der Waals surface area contributed by atoms with Crippen molar-refractivity contribution in [3.63, 3.8) is 0 Å². The smallest absolute Gasteiger partial charge is 0.231 e. The molecule has 25 heavy (non-hydrogen) atoms. The molecule has 2 atom stereocenters. The number of phenolic OH excluding ortho intramolecular Hbond substituents is 1. The van der Waals surface area contributed by atoms with Crippen molar-refractivity contribution >= 4 is 0 Å². The molecule has 5 rings (SSSR count). The van der Waals surface area contributed by atoms with Crippen molar-refractivity contribution in [1.29, 1.82) is 0 Å². The molecule has 0 aromatic heterocycles. The SMILES string of the molecule is COc1ccc2c(c1O)C[N@+]1(C)CCc3cc4c(cc3[C@@H]1C2)OCO4. The zero-order valence-electron chi connectivity index (χ0n) is 14.5. The Bertz CT molecular complexity index is 878. The van der Waals surface area contributed by atoms with E-state index in [1.54, 1.807) is 7.11 Å². The van der Waals surface area contributed by atoms with Gasteiger partial charge in [0, 0.05) is 18.4 Å². The van der Waals surface area contributed by atoms with Crippen LogP contribution in [0.3, 0.4) is 0 Å². The highest BCUT2D eigenvalue weighted by Gasteiger charge is 2.44. The van der Waals surface area contributed by atoms with Crippen LogP contribution in [0.5, 0.6) is 23.0 Å². The molecular weight excluding hydrogens is 318 g/mol. The molecule has 0 unspecified atom stereocenters. The lowest BCUT2D eigenvalue weighted by Crippen LogP contribution is -2.53. The molecule has 0 spiro atoms. The van der Waals surface area contributed by atoms with E-state index in [-0.39, 0.29) is 0 Å². The molecule has 0 aliphatic carbocycles. The number of phenols is 1. The van der Waals surface area contributed by atoms with Crippen LogP contribution in [0.1, 0.15) is 28.3 Å². The molecule has 2 aromatic rings. The molecule has 0 radical (unpaired) electrons. The Balaban J connectivity index is 1.62. The second-order valence-electron chi connectivity index (χ2n) is 7.49. The van der Waals surface area contributed by atoms with E-state index < -0.39 is 0 Å². The van der Waals surface area contributed by atoms with Crippen LogP contribution in [0, 0.1) is 0 Å². The van der Waals surface area contributed by atoms with Crippen molar-refractivity contribution in [1.82, 2.24) is 0 Å². The maximum Gasteiger partial charge on any atom is 0.231 e. The van der Waals surface area contributed by atoms with Crippen LogP contribution < -0.4 is 14.2 Å². The third-order valence-corrected chi connectivity index (χ3v) is 6.13. The van der Waals surface area contributed by atoms with Gasteiger partial charge in [-0.15, -0.1) is 0 Å². The molecule has 1 N–H and O–H groups in total. The standard InChI is InChI=1S/C20H21NO4/c1-21-6-5-13-8-18-19(25-11-24-18)9-14(13)16(21)7-12-3-4-17(23-2)20(22)15(12)10-21/h3-4,8-9,16H,5-7,10-11H2,1-2H3/p+1/t16-,21-/m0/s1. The van der Waals surface area contributed by atoms with E-state index in [4.69, 9.17) is 14.2 Å². The van der Waals surface area contributed by atoms with E-state index >= 15 is 0 Å². The van der Waals surface area contributed by atoms with E-state index in [9.17, 15) is 5.11 Å². The molecule has 0 fully saturated rings. The first-order valence-electron chi connectivity index (χ1n) is 8.73. The Morgan fingerprint density at radius 2 is 1.96 bits per heavy atom. The third kappa shape index (κ3) is 2.05. The van der Waals surface area contributed by atoms with Crippen LogP contribution >= 0.6 is 0 Å². The number of nitrogens with zero attached hydrogens (tertiary/aromatic N) is 1. The van der Waals surface area contributed by atoms with Crippen molar-refractivity contribution in [2.24, 2.45) is 0 Å². The molecule has 0 bridgehead atoms. The quantitative estimate of drug-likeness (QED) is 0.811. The number of likely N-dealkylation sites (N-methyl/N-ethyl adjacent to an activating group) is 1. The van der Waals surface area contributed by atoms with Gasteiger partial charge in [-0.25, -0.2) is 0 Å². The van der Waals surface area contributed by atoms with Gasteiger partial charge in [0.1, 0.15) is 12.6 Å². The summed E-state index contributed by atoms with van der Waals surface area (Å²) in [5, 5.41) is 10.6. The molecule has 5 nitrogen and oxygen atoms in total. The minimum absolute atomic E-state index is 0.300.